The number of carboxylic acid groups (broad SMARTS) is 1. The number of halogens is 1. The zero-order valence-corrected chi connectivity index (χ0v) is 12.4. The van der Waals surface area contributed by atoms with Crippen LogP contribution in [0, 0.1) is 0 Å². The Hall–Kier alpha value is -2.40. The number of carbonyl (C=O) groups is 1. The quantitative estimate of drug-likeness (QED) is 0.761. The monoisotopic (exact) mass is 343 g/mol. The van der Waals surface area contributed by atoms with Crippen LogP contribution in [-0.2, 0) is 0 Å². The van der Waals surface area contributed by atoms with Crippen LogP contribution in [0.2, 0.25) is 0 Å². The lowest BCUT2D eigenvalue weighted by Crippen LogP contribution is -2.00. The molecule has 0 saturated heterocycles. The molecule has 3 aromatic rings. The molecule has 0 fully saturated rings. The lowest BCUT2D eigenvalue weighted by molar-refractivity contribution is 0.0694. The minimum absolute atomic E-state index is 0.102. The van der Waals surface area contributed by atoms with Crippen molar-refractivity contribution in [2.45, 2.75) is 0 Å². The number of hydrogen-bond donors (Lipinski definition) is 1. The third-order valence-corrected chi connectivity index (χ3v) is 3.47. The van der Waals surface area contributed by atoms with Crippen molar-refractivity contribution in [3.63, 3.8) is 0 Å². The van der Waals surface area contributed by atoms with E-state index >= 15 is 0 Å². The number of fused-ring (bicyclic) bond motifs is 1. The van der Waals surface area contributed by atoms with Gasteiger partial charge in [-0.3, -0.25) is 4.98 Å². The van der Waals surface area contributed by atoms with Gasteiger partial charge < -0.3 is 9.84 Å². The molecule has 1 heterocycles. The molecule has 0 atom stereocenters. The minimum atomic E-state index is -1.04. The Morgan fingerprint density at radius 2 is 2.00 bits per heavy atom. The van der Waals surface area contributed by atoms with Crippen LogP contribution in [0.1, 0.15) is 10.4 Å². The molecule has 1 N–H and O–H groups in total. The third kappa shape index (κ3) is 2.87. The van der Waals surface area contributed by atoms with Crippen LogP contribution in [0.3, 0.4) is 0 Å². The highest BCUT2D eigenvalue weighted by Crippen LogP contribution is 2.29. The molecule has 0 aliphatic rings. The smallest absolute Gasteiger partial charge is 0.339 e. The second-order valence-corrected chi connectivity index (χ2v) is 5.32. The first-order valence-electron chi connectivity index (χ1n) is 6.19. The number of carboxylic acids is 1. The summed E-state index contributed by atoms with van der Waals surface area (Å²) in [5.41, 5.74) is 0.898. The van der Waals surface area contributed by atoms with Crippen molar-refractivity contribution in [3.05, 3.63) is 64.8 Å². The Labute approximate surface area is 129 Å². The molecular weight excluding hydrogens is 334 g/mol. The minimum Gasteiger partial charge on any atom is -0.478 e. The first-order chi connectivity index (χ1) is 10.1. The van der Waals surface area contributed by atoms with E-state index in [0.29, 0.717) is 16.0 Å². The van der Waals surface area contributed by atoms with Gasteiger partial charge in [0.25, 0.3) is 0 Å². The molecule has 0 spiro atoms. The van der Waals surface area contributed by atoms with Gasteiger partial charge in [0.2, 0.25) is 0 Å². The van der Waals surface area contributed by atoms with E-state index in [1.54, 1.807) is 30.5 Å². The highest BCUT2D eigenvalue weighted by atomic mass is 79.9. The Kier molecular flexibility index (Phi) is 3.58. The normalized spacial score (nSPS) is 10.5. The number of hydrogen-bond acceptors (Lipinski definition) is 3. The van der Waals surface area contributed by atoms with Crippen LogP contribution in [0.15, 0.2) is 59.2 Å². The maximum atomic E-state index is 11.3. The van der Waals surface area contributed by atoms with E-state index in [0.717, 1.165) is 10.9 Å². The van der Waals surface area contributed by atoms with Gasteiger partial charge in [-0.1, -0.05) is 22.0 Å². The molecule has 3 rings (SSSR count). The van der Waals surface area contributed by atoms with Gasteiger partial charge in [0.1, 0.15) is 17.1 Å². The summed E-state index contributed by atoms with van der Waals surface area (Å²) < 4.78 is 6.38. The van der Waals surface area contributed by atoms with Gasteiger partial charge in [-0.15, -0.1) is 0 Å². The number of ether oxygens (including phenoxy) is 1. The summed E-state index contributed by atoms with van der Waals surface area (Å²) in [7, 11) is 0. The Morgan fingerprint density at radius 1 is 1.14 bits per heavy atom. The Balaban J connectivity index is 2.00. The van der Waals surface area contributed by atoms with E-state index in [-0.39, 0.29) is 5.56 Å². The summed E-state index contributed by atoms with van der Waals surface area (Å²) >= 11 is 3.25. The van der Waals surface area contributed by atoms with Crippen molar-refractivity contribution < 1.29 is 14.6 Å². The second-order valence-electron chi connectivity index (χ2n) is 4.41. The van der Waals surface area contributed by atoms with E-state index in [1.165, 1.54) is 6.07 Å². The van der Waals surface area contributed by atoms with E-state index in [2.05, 4.69) is 20.9 Å². The van der Waals surface area contributed by atoms with Crippen molar-refractivity contribution in [2.24, 2.45) is 0 Å². The maximum absolute atomic E-state index is 11.3. The van der Waals surface area contributed by atoms with Crippen molar-refractivity contribution in [1.82, 2.24) is 4.98 Å². The molecule has 2 aromatic carbocycles. The fraction of sp³-hybridized carbons (Fsp3) is 0. The molecule has 4 nitrogen and oxygen atoms in total. The van der Waals surface area contributed by atoms with Crippen LogP contribution in [0.5, 0.6) is 11.5 Å². The van der Waals surface area contributed by atoms with Crippen molar-refractivity contribution >= 4 is 32.8 Å². The molecule has 0 bridgehead atoms. The molecule has 104 valence electrons. The zero-order chi connectivity index (χ0) is 14.8. The topological polar surface area (TPSA) is 59.4 Å². The summed E-state index contributed by atoms with van der Waals surface area (Å²) in [6, 6.07) is 14.1. The number of benzene rings is 2. The summed E-state index contributed by atoms with van der Waals surface area (Å²) in [5.74, 6) is -0.197. The summed E-state index contributed by atoms with van der Waals surface area (Å²) in [6.45, 7) is 0. The Bertz CT molecular complexity index is 833. The molecule has 0 amide bonds. The molecule has 0 aliphatic heterocycles. The molecule has 0 radical (unpaired) electrons. The number of aromatic nitrogens is 1. The van der Waals surface area contributed by atoms with Gasteiger partial charge in [0.15, 0.2) is 0 Å². The zero-order valence-electron chi connectivity index (χ0n) is 10.8. The average molecular weight is 344 g/mol. The van der Waals surface area contributed by atoms with Crippen LogP contribution in [0.25, 0.3) is 10.9 Å². The SMILES string of the molecule is O=C(O)c1cc(Br)ccc1Oc1ccc2cccnc2c1. The van der Waals surface area contributed by atoms with Crippen molar-refractivity contribution in [2.75, 3.05) is 0 Å². The largest absolute Gasteiger partial charge is 0.478 e. The predicted octanol–water partition coefficient (Wildman–Crippen LogP) is 4.49. The van der Waals surface area contributed by atoms with E-state index in [9.17, 15) is 9.90 Å². The van der Waals surface area contributed by atoms with Gasteiger partial charge in [-0.2, -0.15) is 0 Å². The maximum Gasteiger partial charge on any atom is 0.339 e. The van der Waals surface area contributed by atoms with E-state index in [4.69, 9.17) is 4.74 Å². The predicted molar refractivity (Wildman–Crippen MR) is 82.9 cm³/mol. The standard InChI is InChI=1S/C16H10BrNO3/c17-11-4-6-15(13(8-11)16(19)20)21-12-5-3-10-2-1-7-18-14(10)9-12/h1-9H,(H,19,20). The first-order valence-corrected chi connectivity index (χ1v) is 6.98. The second kappa shape index (κ2) is 5.54. The van der Waals surface area contributed by atoms with Crippen LogP contribution in [-0.4, -0.2) is 16.1 Å². The van der Waals surface area contributed by atoms with Gasteiger partial charge in [0.05, 0.1) is 5.52 Å². The van der Waals surface area contributed by atoms with Gasteiger partial charge in [-0.25, -0.2) is 4.79 Å². The average Bonchev–Trinajstić information content (AvgIpc) is 2.49. The molecule has 1 aromatic heterocycles. The lowest BCUT2D eigenvalue weighted by atomic mass is 10.2. The summed E-state index contributed by atoms with van der Waals surface area (Å²) in [6.07, 6.45) is 1.70. The van der Waals surface area contributed by atoms with Gasteiger partial charge >= 0.3 is 5.97 Å². The summed E-state index contributed by atoms with van der Waals surface area (Å²) in [4.78, 5) is 15.5. The fourth-order valence-electron chi connectivity index (χ4n) is 2.00. The van der Waals surface area contributed by atoms with Gasteiger partial charge in [-0.05, 0) is 36.4 Å². The van der Waals surface area contributed by atoms with E-state index < -0.39 is 5.97 Å². The highest BCUT2D eigenvalue weighted by molar-refractivity contribution is 9.10. The Morgan fingerprint density at radius 3 is 2.81 bits per heavy atom. The first kappa shape index (κ1) is 13.6. The van der Waals surface area contributed by atoms with Crippen molar-refractivity contribution in [3.8, 4) is 11.5 Å². The highest BCUT2D eigenvalue weighted by Gasteiger charge is 2.13. The third-order valence-electron chi connectivity index (χ3n) is 2.98. The summed E-state index contributed by atoms with van der Waals surface area (Å²) in [5, 5.41) is 10.2. The number of pyridine rings is 1. The molecular formula is C16H10BrNO3. The van der Waals surface area contributed by atoms with Crippen LogP contribution >= 0.6 is 15.9 Å². The number of nitrogens with zero attached hydrogens (tertiary/aromatic N) is 1. The van der Waals surface area contributed by atoms with E-state index in [1.807, 2.05) is 18.2 Å². The molecule has 21 heavy (non-hydrogen) atoms. The van der Waals surface area contributed by atoms with Gasteiger partial charge in [0, 0.05) is 22.1 Å². The van der Waals surface area contributed by atoms with Crippen LogP contribution < -0.4 is 4.74 Å². The van der Waals surface area contributed by atoms with Crippen molar-refractivity contribution in [1.29, 1.82) is 0 Å². The lowest BCUT2D eigenvalue weighted by Gasteiger charge is -2.09. The molecule has 5 heteroatoms. The molecule has 0 saturated carbocycles. The van der Waals surface area contributed by atoms with Crippen LogP contribution in [0.4, 0.5) is 0 Å². The molecule has 0 aliphatic carbocycles. The number of aromatic carboxylic acids is 1. The number of rotatable bonds is 3. The fourth-order valence-corrected chi connectivity index (χ4v) is 2.36. The molecule has 0 unspecified atom stereocenters.